The second-order valence-electron chi connectivity index (χ2n) is 10.9. The lowest BCUT2D eigenvalue weighted by molar-refractivity contribution is 0.182. The second-order valence-corrected chi connectivity index (χ2v) is 10.9. The van der Waals surface area contributed by atoms with Crippen molar-refractivity contribution in [3.8, 4) is 11.4 Å². The number of ether oxygens (including phenoxy) is 1. The molecule has 1 unspecified atom stereocenters. The number of benzene rings is 4. The fourth-order valence-corrected chi connectivity index (χ4v) is 5.40. The van der Waals surface area contributed by atoms with Crippen LogP contribution < -0.4 is 15.6 Å². The minimum atomic E-state index is -0.513. The zero-order chi connectivity index (χ0) is 30.3. The van der Waals surface area contributed by atoms with E-state index in [1.165, 1.54) is 5.56 Å². The summed E-state index contributed by atoms with van der Waals surface area (Å²) >= 11 is 0. The van der Waals surface area contributed by atoms with Gasteiger partial charge in [0, 0.05) is 12.2 Å². The van der Waals surface area contributed by atoms with Gasteiger partial charge in [0.05, 0.1) is 29.7 Å². The van der Waals surface area contributed by atoms with Gasteiger partial charge in [-0.1, -0.05) is 87.5 Å². The number of fused-ring (bicyclic) bond motifs is 1. The SMILES string of the molecule is CCC(c1nc2ccccc2c(=O)n1-c1ccccc1OC)N(CCc1ccccc1)C(=O)Nc1ccc(C(C)C)cc1. The van der Waals surface area contributed by atoms with Crippen molar-refractivity contribution in [2.45, 2.75) is 45.6 Å². The average Bonchev–Trinajstić information content (AvgIpc) is 3.03. The van der Waals surface area contributed by atoms with Crippen molar-refractivity contribution in [1.29, 1.82) is 0 Å². The van der Waals surface area contributed by atoms with Crippen molar-refractivity contribution >= 4 is 22.6 Å². The predicted molar refractivity (Wildman–Crippen MR) is 173 cm³/mol. The Hall–Kier alpha value is -4.91. The molecule has 7 nitrogen and oxygen atoms in total. The Morgan fingerprint density at radius 3 is 2.28 bits per heavy atom. The third-order valence-corrected chi connectivity index (χ3v) is 7.76. The lowest BCUT2D eigenvalue weighted by atomic mass is 10.0. The van der Waals surface area contributed by atoms with Gasteiger partial charge in [-0.05, 0) is 66.3 Å². The molecule has 1 N–H and O–H groups in total. The van der Waals surface area contributed by atoms with Crippen LogP contribution in [0.5, 0.6) is 5.75 Å². The molecule has 2 amide bonds. The highest BCUT2D eigenvalue weighted by Crippen LogP contribution is 2.30. The molecular formula is C36H38N4O3. The van der Waals surface area contributed by atoms with Crippen LogP contribution in [0.25, 0.3) is 16.6 Å². The first-order chi connectivity index (χ1) is 20.9. The molecule has 7 heteroatoms. The summed E-state index contributed by atoms with van der Waals surface area (Å²) in [4.78, 5) is 35.1. The molecule has 0 radical (unpaired) electrons. The van der Waals surface area contributed by atoms with Crippen LogP contribution in [0, 0.1) is 0 Å². The van der Waals surface area contributed by atoms with Crippen LogP contribution in [-0.4, -0.2) is 34.1 Å². The molecule has 1 atom stereocenters. The van der Waals surface area contributed by atoms with Crippen LogP contribution in [0.2, 0.25) is 0 Å². The standard InChI is InChI=1S/C36H38N4O3/c1-5-31(34-38-30-16-10-9-15-29(30)35(41)40(34)32-17-11-12-18-33(32)43-4)39(24-23-26-13-7-6-8-14-26)36(42)37-28-21-19-27(20-22-28)25(2)3/h6-22,25,31H,5,23-24H2,1-4H3,(H,37,42). The number of anilines is 1. The molecule has 0 saturated carbocycles. The number of hydrogen-bond acceptors (Lipinski definition) is 4. The van der Waals surface area contributed by atoms with E-state index >= 15 is 0 Å². The van der Waals surface area contributed by atoms with E-state index in [2.05, 4.69) is 31.3 Å². The highest BCUT2D eigenvalue weighted by Gasteiger charge is 2.30. The van der Waals surface area contributed by atoms with Crippen LogP contribution in [0.4, 0.5) is 10.5 Å². The molecule has 4 aromatic carbocycles. The summed E-state index contributed by atoms with van der Waals surface area (Å²) in [7, 11) is 1.58. The minimum absolute atomic E-state index is 0.212. The number of para-hydroxylation sites is 3. The average molecular weight is 575 g/mol. The molecule has 0 spiro atoms. The molecule has 0 aliphatic carbocycles. The van der Waals surface area contributed by atoms with Crippen molar-refractivity contribution in [2.24, 2.45) is 0 Å². The number of nitrogens with zero attached hydrogens (tertiary/aromatic N) is 3. The van der Waals surface area contributed by atoms with Gasteiger partial charge in [0.15, 0.2) is 0 Å². The van der Waals surface area contributed by atoms with Gasteiger partial charge in [-0.3, -0.25) is 9.36 Å². The van der Waals surface area contributed by atoms with Gasteiger partial charge in [0.25, 0.3) is 5.56 Å². The molecule has 1 aromatic heterocycles. The van der Waals surface area contributed by atoms with Crippen LogP contribution in [-0.2, 0) is 6.42 Å². The van der Waals surface area contributed by atoms with Gasteiger partial charge in [-0.2, -0.15) is 0 Å². The van der Waals surface area contributed by atoms with E-state index < -0.39 is 6.04 Å². The Morgan fingerprint density at radius 1 is 0.907 bits per heavy atom. The number of rotatable bonds is 10. The molecule has 43 heavy (non-hydrogen) atoms. The fourth-order valence-electron chi connectivity index (χ4n) is 5.40. The molecule has 0 aliphatic rings. The number of nitrogens with one attached hydrogen (secondary N) is 1. The Morgan fingerprint density at radius 2 is 1.58 bits per heavy atom. The quantitative estimate of drug-likeness (QED) is 0.185. The Kier molecular flexibility index (Phi) is 9.20. The first kappa shape index (κ1) is 29.6. The third-order valence-electron chi connectivity index (χ3n) is 7.76. The largest absolute Gasteiger partial charge is 0.495 e. The Balaban J connectivity index is 1.63. The number of carbonyl (C=O) groups excluding carboxylic acids is 1. The summed E-state index contributed by atoms with van der Waals surface area (Å²) in [6, 6.07) is 32.0. The Labute approximate surface area is 252 Å². The molecule has 5 rings (SSSR count). The summed E-state index contributed by atoms with van der Waals surface area (Å²) in [6.07, 6.45) is 1.18. The summed E-state index contributed by atoms with van der Waals surface area (Å²) in [5.74, 6) is 1.42. The second kappa shape index (κ2) is 13.4. The van der Waals surface area contributed by atoms with Gasteiger partial charge in [0.2, 0.25) is 0 Å². The van der Waals surface area contributed by atoms with E-state index in [-0.39, 0.29) is 11.6 Å². The molecule has 0 saturated heterocycles. The van der Waals surface area contributed by atoms with Crippen LogP contribution in [0.15, 0.2) is 108 Å². The maximum Gasteiger partial charge on any atom is 0.322 e. The van der Waals surface area contributed by atoms with E-state index in [0.717, 1.165) is 5.56 Å². The first-order valence-electron chi connectivity index (χ1n) is 14.8. The number of hydrogen-bond donors (Lipinski definition) is 1. The predicted octanol–water partition coefficient (Wildman–Crippen LogP) is 7.75. The lowest BCUT2D eigenvalue weighted by Gasteiger charge is -2.32. The van der Waals surface area contributed by atoms with E-state index in [1.807, 2.05) is 91.9 Å². The van der Waals surface area contributed by atoms with E-state index in [4.69, 9.17) is 9.72 Å². The number of methoxy groups -OCH3 is 1. The van der Waals surface area contributed by atoms with Gasteiger partial charge >= 0.3 is 6.03 Å². The van der Waals surface area contributed by atoms with Gasteiger partial charge < -0.3 is 15.0 Å². The molecular weight excluding hydrogens is 536 g/mol. The summed E-state index contributed by atoms with van der Waals surface area (Å²) in [5.41, 5.74) is 3.98. The highest BCUT2D eigenvalue weighted by molar-refractivity contribution is 5.89. The van der Waals surface area contributed by atoms with Gasteiger partial charge in [-0.25, -0.2) is 9.78 Å². The van der Waals surface area contributed by atoms with E-state index in [9.17, 15) is 9.59 Å². The van der Waals surface area contributed by atoms with Gasteiger partial charge in [0.1, 0.15) is 11.6 Å². The van der Waals surface area contributed by atoms with Crippen molar-refractivity contribution in [3.63, 3.8) is 0 Å². The summed E-state index contributed by atoms with van der Waals surface area (Å²) in [6.45, 7) is 6.72. The molecule has 0 bridgehead atoms. The zero-order valence-electron chi connectivity index (χ0n) is 25.2. The molecule has 1 heterocycles. The van der Waals surface area contributed by atoms with Crippen LogP contribution in [0.1, 0.15) is 56.1 Å². The third kappa shape index (κ3) is 6.46. The number of carbonyl (C=O) groups is 1. The molecule has 5 aromatic rings. The van der Waals surface area contributed by atoms with Crippen molar-refractivity contribution in [2.75, 3.05) is 19.0 Å². The first-order valence-corrected chi connectivity index (χ1v) is 14.8. The smallest absolute Gasteiger partial charge is 0.322 e. The minimum Gasteiger partial charge on any atom is -0.495 e. The molecule has 0 fully saturated rings. The van der Waals surface area contributed by atoms with Crippen LogP contribution in [0.3, 0.4) is 0 Å². The maximum absolute atomic E-state index is 14.1. The monoisotopic (exact) mass is 574 g/mol. The van der Waals surface area contributed by atoms with Crippen molar-refractivity contribution in [3.05, 3.63) is 130 Å². The summed E-state index contributed by atoms with van der Waals surface area (Å²) in [5, 5.41) is 3.61. The van der Waals surface area contributed by atoms with Gasteiger partial charge in [-0.15, -0.1) is 0 Å². The summed E-state index contributed by atoms with van der Waals surface area (Å²) < 4.78 is 7.28. The number of amides is 2. The normalized spacial score (nSPS) is 11.8. The lowest BCUT2D eigenvalue weighted by Crippen LogP contribution is -2.42. The number of aromatic nitrogens is 2. The van der Waals surface area contributed by atoms with Crippen LogP contribution >= 0.6 is 0 Å². The van der Waals surface area contributed by atoms with E-state index in [0.29, 0.717) is 59.2 Å². The highest BCUT2D eigenvalue weighted by atomic mass is 16.5. The van der Waals surface area contributed by atoms with E-state index in [1.54, 1.807) is 22.6 Å². The zero-order valence-corrected chi connectivity index (χ0v) is 25.2. The Bertz CT molecular complexity index is 1750. The van der Waals surface area contributed by atoms with Crippen molar-refractivity contribution in [1.82, 2.24) is 14.5 Å². The topological polar surface area (TPSA) is 76.5 Å². The maximum atomic E-state index is 14.1. The molecule has 220 valence electrons. The fraction of sp³-hybridized carbons (Fsp3) is 0.250. The van der Waals surface area contributed by atoms with Crippen molar-refractivity contribution < 1.29 is 9.53 Å². The molecule has 0 aliphatic heterocycles. The number of urea groups is 1.